The molecule has 3 aromatic rings. The van der Waals surface area contributed by atoms with Gasteiger partial charge in [0.05, 0.1) is 0 Å². The zero-order chi connectivity index (χ0) is 18.1. The molecule has 0 aliphatic heterocycles. The largest absolute Gasteiger partial charge is 0.398 e. The van der Waals surface area contributed by atoms with Crippen LogP contribution in [-0.4, -0.2) is 0 Å². The highest BCUT2D eigenvalue weighted by molar-refractivity contribution is 5.69. The van der Waals surface area contributed by atoms with Gasteiger partial charge < -0.3 is 22.9 Å². The van der Waals surface area contributed by atoms with E-state index >= 15 is 0 Å². The normalized spacial score (nSPS) is 11.0. The number of aryl methyl sites for hydroxylation is 2. The van der Waals surface area contributed by atoms with Crippen molar-refractivity contribution < 1.29 is 0 Å². The van der Waals surface area contributed by atoms with Crippen LogP contribution in [0.1, 0.15) is 33.7 Å². The van der Waals surface area contributed by atoms with Crippen molar-refractivity contribution >= 4 is 22.7 Å². The molecule has 0 saturated heterocycles. The lowest BCUT2D eigenvalue weighted by molar-refractivity contribution is 0.979. The summed E-state index contributed by atoms with van der Waals surface area (Å²) in [5, 5.41) is 0. The molecule has 0 aliphatic carbocycles. The Morgan fingerprint density at radius 2 is 1.04 bits per heavy atom. The maximum Gasteiger partial charge on any atom is 0.0380 e. The van der Waals surface area contributed by atoms with Crippen molar-refractivity contribution in [3.63, 3.8) is 0 Å². The molecule has 0 unspecified atom stereocenters. The molecule has 0 aliphatic rings. The molecule has 0 saturated carbocycles. The number of anilines is 4. The minimum atomic E-state index is -0.0835. The molecule has 128 valence electrons. The van der Waals surface area contributed by atoms with Crippen molar-refractivity contribution in [1.29, 1.82) is 0 Å². The maximum atomic E-state index is 6.34. The van der Waals surface area contributed by atoms with E-state index in [-0.39, 0.29) is 5.92 Å². The van der Waals surface area contributed by atoms with E-state index in [9.17, 15) is 0 Å². The van der Waals surface area contributed by atoms with Crippen LogP contribution in [0.25, 0.3) is 0 Å². The monoisotopic (exact) mass is 332 g/mol. The SMILES string of the molecule is Cc1cc(C(c2ccccc2)c2cc(C)c(N)cc2N)c(N)cc1N. The predicted molar refractivity (Wildman–Crippen MR) is 107 cm³/mol. The van der Waals surface area contributed by atoms with Crippen molar-refractivity contribution in [3.05, 3.63) is 82.4 Å². The smallest absolute Gasteiger partial charge is 0.0380 e. The average Bonchev–Trinajstić information content (AvgIpc) is 2.58. The van der Waals surface area contributed by atoms with Gasteiger partial charge in [0, 0.05) is 28.7 Å². The molecule has 0 amide bonds. The molecule has 0 radical (unpaired) electrons. The highest BCUT2D eigenvalue weighted by atomic mass is 14.6. The highest BCUT2D eigenvalue weighted by Gasteiger charge is 2.22. The van der Waals surface area contributed by atoms with E-state index in [0.717, 1.165) is 27.8 Å². The summed E-state index contributed by atoms with van der Waals surface area (Å²) in [5.41, 5.74) is 32.5. The van der Waals surface area contributed by atoms with Gasteiger partial charge in [-0.2, -0.15) is 0 Å². The zero-order valence-electron chi connectivity index (χ0n) is 14.6. The Labute approximate surface area is 148 Å². The van der Waals surface area contributed by atoms with Gasteiger partial charge in [-0.25, -0.2) is 0 Å². The molecular weight excluding hydrogens is 308 g/mol. The van der Waals surface area contributed by atoms with Crippen LogP contribution >= 0.6 is 0 Å². The summed E-state index contributed by atoms with van der Waals surface area (Å²) in [6.07, 6.45) is 0. The molecular formula is C21H24N4. The first-order valence-corrected chi connectivity index (χ1v) is 8.24. The van der Waals surface area contributed by atoms with Gasteiger partial charge in [0.2, 0.25) is 0 Å². The van der Waals surface area contributed by atoms with Gasteiger partial charge in [-0.3, -0.25) is 0 Å². The third kappa shape index (κ3) is 3.11. The Bertz CT molecular complexity index is 859. The van der Waals surface area contributed by atoms with Crippen molar-refractivity contribution in [2.24, 2.45) is 0 Å². The Hall–Kier alpha value is -3.14. The number of nitrogens with two attached hydrogens (primary N) is 4. The van der Waals surface area contributed by atoms with Crippen LogP contribution in [0.2, 0.25) is 0 Å². The van der Waals surface area contributed by atoms with Crippen molar-refractivity contribution in [2.75, 3.05) is 22.9 Å². The van der Waals surface area contributed by atoms with Crippen molar-refractivity contribution in [2.45, 2.75) is 19.8 Å². The van der Waals surface area contributed by atoms with Gasteiger partial charge in [-0.15, -0.1) is 0 Å². The summed E-state index contributed by atoms with van der Waals surface area (Å²) in [6.45, 7) is 3.97. The van der Waals surface area contributed by atoms with Gasteiger partial charge in [0.1, 0.15) is 0 Å². The lowest BCUT2D eigenvalue weighted by atomic mass is 9.82. The molecule has 3 aromatic carbocycles. The first-order valence-electron chi connectivity index (χ1n) is 8.24. The van der Waals surface area contributed by atoms with Gasteiger partial charge in [-0.1, -0.05) is 42.5 Å². The summed E-state index contributed by atoms with van der Waals surface area (Å²) in [5.74, 6) is -0.0835. The number of benzene rings is 3. The fourth-order valence-electron chi connectivity index (χ4n) is 3.20. The second kappa shape index (κ2) is 6.40. The van der Waals surface area contributed by atoms with Crippen LogP contribution in [0, 0.1) is 13.8 Å². The minimum Gasteiger partial charge on any atom is -0.398 e. The number of nitrogen functional groups attached to an aromatic ring is 4. The molecule has 4 heteroatoms. The number of hydrogen-bond donors (Lipinski definition) is 4. The summed E-state index contributed by atoms with van der Waals surface area (Å²) >= 11 is 0. The second-order valence-electron chi connectivity index (χ2n) is 6.52. The van der Waals surface area contributed by atoms with Crippen LogP contribution < -0.4 is 22.9 Å². The lowest BCUT2D eigenvalue weighted by Gasteiger charge is -2.24. The van der Waals surface area contributed by atoms with Crippen LogP contribution in [-0.2, 0) is 0 Å². The molecule has 25 heavy (non-hydrogen) atoms. The van der Waals surface area contributed by atoms with E-state index in [1.807, 2.05) is 56.3 Å². The predicted octanol–water partition coefficient (Wildman–Crippen LogP) is 3.81. The molecule has 0 heterocycles. The molecule has 3 rings (SSSR count). The first-order chi connectivity index (χ1) is 11.9. The maximum absolute atomic E-state index is 6.34. The fourth-order valence-corrected chi connectivity index (χ4v) is 3.20. The van der Waals surface area contributed by atoms with Gasteiger partial charge in [0.15, 0.2) is 0 Å². The van der Waals surface area contributed by atoms with Crippen LogP contribution in [0.3, 0.4) is 0 Å². The van der Waals surface area contributed by atoms with Crippen LogP contribution in [0.15, 0.2) is 54.6 Å². The molecule has 0 bridgehead atoms. The Morgan fingerprint density at radius 3 is 1.48 bits per heavy atom. The van der Waals surface area contributed by atoms with Crippen LogP contribution in [0.4, 0.5) is 22.7 Å². The van der Waals surface area contributed by atoms with E-state index in [0.29, 0.717) is 22.7 Å². The third-order valence-electron chi connectivity index (χ3n) is 4.70. The molecule has 4 nitrogen and oxygen atoms in total. The zero-order valence-corrected chi connectivity index (χ0v) is 14.6. The number of hydrogen-bond acceptors (Lipinski definition) is 4. The van der Waals surface area contributed by atoms with Gasteiger partial charge >= 0.3 is 0 Å². The summed E-state index contributed by atoms with van der Waals surface area (Å²) in [6, 6.07) is 17.9. The fraction of sp³-hybridized carbons (Fsp3) is 0.143. The quantitative estimate of drug-likeness (QED) is 0.432. The Morgan fingerprint density at radius 1 is 0.600 bits per heavy atom. The highest BCUT2D eigenvalue weighted by Crippen LogP contribution is 2.40. The van der Waals surface area contributed by atoms with E-state index < -0.39 is 0 Å². The second-order valence-corrected chi connectivity index (χ2v) is 6.52. The first kappa shape index (κ1) is 16.7. The van der Waals surface area contributed by atoms with E-state index in [1.54, 1.807) is 0 Å². The van der Waals surface area contributed by atoms with Gasteiger partial charge in [0.25, 0.3) is 0 Å². The summed E-state index contributed by atoms with van der Waals surface area (Å²) in [4.78, 5) is 0. The number of rotatable bonds is 3. The van der Waals surface area contributed by atoms with Crippen molar-refractivity contribution in [3.8, 4) is 0 Å². The Kier molecular flexibility index (Phi) is 4.28. The molecule has 0 aromatic heterocycles. The molecule has 0 atom stereocenters. The average molecular weight is 332 g/mol. The minimum absolute atomic E-state index is 0.0835. The van der Waals surface area contributed by atoms with E-state index in [4.69, 9.17) is 22.9 Å². The van der Waals surface area contributed by atoms with E-state index in [1.165, 1.54) is 0 Å². The molecule has 0 fully saturated rings. The Balaban J connectivity index is 2.29. The van der Waals surface area contributed by atoms with Gasteiger partial charge in [-0.05, 0) is 53.8 Å². The van der Waals surface area contributed by atoms with Crippen LogP contribution in [0.5, 0.6) is 0 Å². The topological polar surface area (TPSA) is 104 Å². The third-order valence-corrected chi connectivity index (χ3v) is 4.70. The van der Waals surface area contributed by atoms with Crippen molar-refractivity contribution in [1.82, 2.24) is 0 Å². The summed E-state index contributed by atoms with van der Waals surface area (Å²) < 4.78 is 0. The standard InChI is InChI=1S/C21H24N4/c1-12-8-15(19(24)10-17(12)22)21(14-6-4-3-5-7-14)16-9-13(2)18(23)11-20(16)25/h3-11,21H,22-25H2,1-2H3. The van der Waals surface area contributed by atoms with E-state index in [2.05, 4.69) is 12.1 Å². The molecule has 0 spiro atoms. The summed E-state index contributed by atoms with van der Waals surface area (Å²) in [7, 11) is 0. The molecule has 8 N–H and O–H groups in total. The lowest BCUT2D eigenvalue weighted by Crippen LogP contribution is -2.11.